The first kappa shape index (κ1) is 28.6. The average Bonchev–Trinajstić information content (AvgIpc) is 3.76. The van der Waals surface area contributed by atoms with Gasteiger partial charge >= 0.3 is 6.01 Å². The maximum atomic E-state index is 16.8. The molecule has 3 fully saturated rings. The fourth-order valence-corrected chi connectivity index (χ4v) is 7.23. The number of ether oxygens (including phenoxy) is 2. The van der Waals surface area contributed by atoms with E-state index in [2.05, 4.69) is 26.1 Å². The summed E-state index contributed by atoms with van der Waals surface area (Å²) in [6.45, 7) is 2.96. The van der Waals surface area contributed by atoms with Crippen molar-refractivity contribution in [1.29, 1.82) is 0 Å². The van der Waals surface area contributed by atoms with Crippen molar-refractivity contribution in [1.82, 2.24) is 25.2 Å². The number of pyridine rings is 1. The average molecular weight is 603 g/mol. The number of terminal acetylenes is 1. The van der Waals surface area contributed by atoms with Gasteiger partial charge in [0.15, 0.2) is 5.82 Å². The first-order valence-electron chi connectivity index (χ1n) is 14.9. The van der Waals surface area contributed by atoms with Crippen molar-refractivity contribution in [3.63, 3.8) is 0 Å². The quantitative estimate of drug-likeness (QED) is 0.301. The fourth-order valence-electron chi connectivity index (χ4n) is 7.23. The molecule has 7 rings (SSSR count). The van der Waals surface area contributed by atoms with E-state index in [9.17, 15) is 8.78 Å². The van der Waals surface area contributed by atoms with Gasteiger partial charge in [-0.2, -0.15) is 9.97 Å². The van der Waals surface area contributed by atoms with Crippen LogP contribution in [0.2, 0.25) is 0 Å². The van der Waals surface area contributed by atoms with Crippen LogP contribution in [0.3, 0.4) is 0 Å². The molecule has 8 nitrogen and oxygen atoms in total. The zero-order valence-corrected chi connectivity index (χ0v) is 24.7. The van der Waals surface area contributed by atoms with Crippen LogP contribution in [-0.2, 0) is 0 Å². The molecule has 0 unspecified atom stereocenters. The molecule has 0 saturated carbocycles. The topological polar surface area (TPSA) is 75.6 Å². The lowest BCUT2D eigenvalue weighted by molar-refractivity contribution is 0.107. The number of rotatable bonds is 7. The Hall–Kier alpha value is -4.14. The van der Waals surface area contributed by atoms with Gasteiger partial charge in [0.05, 0.1) is 18.2 Å². The van der Waals surface area contributed by atoms with E-state index in [0.717, 1.165) is 38.9 Å². The molecule has 3 saturated heterocycles. The monoisotopic (exact) mass is 602 g/mol. The molecule has 0 aliphatic carbocycles. The van der Waals surface area contributed by atoms with Crippen LogP contribution in [0.25, 0.3) is 32.9 Å². The molecular weight excluding hydrogens is 569 g/mol. The summed E-state index contributed by atoms with van der Waals surface area (Å²) in [6, 6.07) is 8.13. The second-order valence-corrected chi connectivity index (χ2v) is 11.9. The van der Waals surface area contributed by atoms with Crippen molar-refractivity contribution < 1.29 is 22.6 Å². The Morgan fingerprint density at radius 1 is 1.18 bits per heavy atom. The number of anilines is 1. The molecule has 2 aromatic heterocycles. The van der Waals surface area contributed by atoms with Crippen molar-refractivity contribution in [2.75, 3.05) is 51.8 Å². The number of aromatic nitrogens is 3. The predicted octanol–water partition coefficient (Wildman–Crippen LogP) is 4.87. The van der Waals surface area contributed by atoms with Gasteiger partial charge in [-0.1, -0.05) is 30.2 Å². The number of hydrogen-bond donors (Lipinski definition) is 1. The predicted molar refractivity (Wildman–Crippen MR) is 163 cm³/mol. The van der Waals surface area contributed by atoms with Gasteiger partial charge in [0.2, 0.25) is 5.88 Å². The molecule has 0 amide bonds. The maximum Gasteiger partial charge on any atom is 0.319 e. The van der Waals surface area contributed by atoms with Gasteiger partial charge < -0.3 is 19.7 Å². The third kappa shape index (κ3) is 4.59. The standard InChI is InChI=1S/C33H33F3N6O2/c1-4-22-24(35)10-9-19-7-5-8-23(25(19)22)28-27(36)29-26(31(38-28)43-3)30(41(2)21-11-13-37-16-21)40-32(39-29)44-18-33-12-6-14-42(33)17-20(34)15-33/h1,5,7-10,20-21,37H,6,11-18H2,2-3H3/t20-,21-,33+/m1/s1. The van der Waals surface area contributed by atoms with Crippen LogP contribution in [0, 0.1) is 24.0 Å². The number of likely N-dealkylation sites (N-methyl/N-ethyl adjacent to an activating group) is 1. The lowest BCUT2D eigenvalue weighted by Gasteiger charge is -2.31. The van der Waals surface area contributed by atoms with Gasteiger partial charge in [-0.15, -0.1) is 6.42 Å². The molecule has 0 radical (unpaired) electrons. The normalized spacial score (nSPS) is 23.3. The fraction of sp³-hybridized carbons (Fsp3) is 0.424. The van der Waals surface area contributed by atoms with Crippen molar-refractivity contribution in [3.8, 4) is 35.5 Å². The number of fused-ring (bicyclic) bond motifs is 3. The van der Waals surface area contributed by atoms with Crippen LogP contribution >= 0.6 is 0 Å². The molecule has 2 aromatic carbocycles. The molecular formula is C33H33F3N6O2. The molecule has 4 aromatic rings. The minimum atomic E-state index is -0.915. The third-order valence-corrected chi connectivity index (χ3v) is 9.45. The van der Waals surface area contributed by atoms with E-state index in [-0.39, 0.29) is 41.3 Å². The summed E-state index contributed by atoms with van der Waals surface area (Å²) in [5, 5.41) is 4.66. The smallest absolute Gasteiger partial charge is 0.319 e. The lowest BCUT2D eigenvalue weighted by atomic mass is 9.95. The largest absolute Gasteiger partial charge is 0.480 e. The van der Waals surface area contributed by atoms with Crippen molar-refractivity contribution in [2.24, 2.45) is 0 Å². The van der Waals surface area contributed by atoms with Crippen molar-refractivity contribution in [2.45, 2.75) is 43.4 Å². The van der Waals surface area contributed by atoms with Crippen molar-refractivity contribution >= 4 is 27.5 Å². The minimum absolute atomic E-state index is 0.0137. The Morgan fingerprint density at radius 2 is 2.05 bits per heavy atom. The van der Waals surface area contributed by atoms with E-state index in [1.165, 1.54) is 13.2 Å². The lowest BCUT2D eigenvalue weighted by Crippen LogP contribution is -2.43. The summed E-state index contributed by atoms with van der Waals surface area (Å²) >= 11 is 0. The van der Waals surface area contributed by atoms with Crippen molar-refractivity contribution in [3.05, 3.63) is 47.5 Å². The van der Waals surface area contributed by atoms with Gasteiger partial charge in [-0.05, 0) is 43.8 Å². The number of methoxy groups -OCH3 is 1. The van der Waals surface area contributed by atoms with Crippen LogP contribution < -0.4 is 19.7 Å². The molecule has 5 heterocycles. The first-order valence-corrected chi connectivity index (χ1v) is 14.9. The minimum Gasteiger partial charge on any atom is -0.480 e. The summed E-state index contributed by atoms with van der Waals surface area (Å²) in [5.74, 6) is 1.62. The van der Waals surface area contributed by atoms with E-state index in [1.54, 1.807) is 24.3 Å². The highest BCUT2D eigenvalue weighted by Crippen LogP contribution is 2.43. The first-order chi connectivity index (χ1) is 21.3. The second kappa shape index (κ2) is 11.1. The molecule has 3 aliphatic heterocycles. The highest BCUT2D eigenvalue weighted by Gasteiger charge is 2.49. The van der Waals surface area contributed by atoms with E-state index >= 15 is 4.39 Å². The molecule has 0 spiro atoms. The number of benzene rings is 2. The second-order valence-electron chi connectivity index (χ2n) is 11.9. The highest BCUT2D eigenvalue weighted by atomic mass is 19.1. The number of hydrogen-bond acceptors (Lipinski definition) is 8. The Kier molecular flexibility index (Phi) is 7.22. The summed E-state index contributed by atoms with van der Waals surface area (Å²) in [5.41, 5.74) is -0.237. The van der Waals surface area contributed by atoms with E-state index in [4.69, 9.17) is 20.9 Å². The van der Waals surface area contributed by atoms with Gasteiger partial charge in [0, 0.05) is 43.5 Å². The van der Waals surface area contributed by atoms with E-state index < -0.39 is 23.3 Å². The summed E-state index contributed by atoms with van der Waals surface area (Å²) < 4.78 is 58.1. The van der Waals surface area contributed by atoms with Gasteiger partial charge in [-0.3, -0.25) is 4.90 Å². The van der Waals surface area contributed by atoms with Crippen LogP contribution in [0.1, 0.15) is 31.2 Å². The zero-order chi connectivity index (χ0) is 30.6. The highest BCUT2D eigenvalue weighted by molar-refractivity contribution is 6.03. The number of nitrogens with zero attached hydrogens (tertiary/aromatic N) is 5. The summed E-state index contributed by atoms with van der Waals surface area (Å²) in [7, 11) is 3.34. The number of alkyl halides is 1. The molecule has 1 N–H and O–H groups in total. The van der Waals surface area contributed by atoms with Crippen LogP contribution in [0.5, 0.6) is 11.9 Å². The van der Waals surface area contributed by atoms with Crippen LogP contribution in [0.15, 0.2) is 30.3 Å². The molecule has 0 bridgehead atoms. The molecule has 3 aliphatic rings. The van der Waals surface area contributed by atoms with E-state index in [1.807, 2.05) is 11.9 Å². The Balaban J connectivity index is 1.42. The molecule has 228 valence electrons. The Labute approximate surface area is 253 Å². The molecule has 11 heteroatoms. The Bertz CT molecular complexity index is 1810. The van der Waals surface area contributed by atoms with Crippen LogP contribution in [0.4, 0.5) is 19.0 Å². The molecule has 3 atom stereocenters. The summed E-state index contributed by atoms with van der Waals surface area (Å²) in [4.78, 5) is 18.1. The van der Waals surface area contributed by atoms with Gasteiger partial charge in [-0.25, -0.2) is 18.2 Å². The Morgan fingerprint density at radius 3 is 2.82 bits per heavy atom. The number of nitrogens with one attached hydrogen (secondary N) is 1. The van der Waals surface area contributed by atoms with E-state index in [0.29, 0.717) is 40.5 Å². The third-order valence-electron chi connectivity index (χ3n) is 9.45. The number of halogens is 3. The van der Waals surface area contributed by atoms with Gasteiger partial charge in [0.1, 0.15) is 41.0 Å². The van der Waals surface area contributed by atoms with Crippen LogP contribution in [-0.4, -0.2) is 84.5 Å². The zero-order valence-electron chi connectivity index (χ0n) is 24.7. The maximum absolute atomic E-state index is 16.8. The molecule has 44 heavy (non-hydrogen) atoms. The van der Waals surface area contributed by atoms with Gasteiger partial charge in [0.25, 0.3) is 0 Å². The summed E-state index contributed by atoms with van der Waals surface area (Å²) in [6.07, 6.45) is 7.81. The SMILES string of the molecule is C#Cc1c(F)ccc2cccc(-c3nc(OC)c4c(N(C)[C@@H]5CCNC5)nc(OC[C@@]56CCCN5C[C@H](F)C6)nc4c3F)c12.